The summed E-state index contributed by atoms with van der Waals surface area (Å²) in [5.41, 5.74) is 0.283. The second-order valence-electron chi connectivity index (χ2n) is 4.06. The second-order valence-corrected chi connectivity index (χ2v) is 4.49. The predicted octanol–water partition coefficient (Wildman–Crippen LogP) is 1.97. The van der Waals surface area contributed by atoms with Gasteiger partial charge in [-0.2, -0.15) is 0 Å². The van der Waals surface area contributed by atoms with E-state index in [2.05, 4.69) is 5.32 Å². The minimum absolute atomic E-state index is 0.00142. The molecule has 16 heavy (non-hydrogen) atoms. The van der Waals surface area contributed by atoms with Crippen LogP contribution in [0.3, 0.4) is 0 Å². The molecule has 86 valence electrons. The van der Waals surface area contributed by atoms with Crippen LogP contribution in [0.1, 0.15) is 23.2 Å². The number of rotatable bonds is 4. The molecular formula is C11H12ClNO3. The number of aliphatic hydroxyl groups is 1. The average molecular weight is 242 g/mol. The third kappa shape index (κ3) is 2.13. The molecular weight excluding hydrogens is 230 g/mol. The van der Waals surface area contributed by atoms with Crippen molar-refractivity contribution in [2.24, 2.45) is 0 Å². The van der Waals surface area contributed by atoms with E-state index < -0.39 is 5.97 Å². The molecule has 1 saturated carbocycles. The average Bonchev–Trinajstić information content (AvgIpc) is 2.98. The molecule has 0 radical (unpaired) electrons. The zero-order valence-electron chi connectivity index (χ0n) is 8.53. The Morgan fingerprint density at radius 3 is 2.69 bits per heavy atom. The highest BCUT2D eigenvalue weighted by Gasteiger charge is 2.42. The lowest BCUT2D eigenvalue weighted by atomic mass is 10.1. The fourth-order valence-electron chi connectivity index (χ4n) is 1.57. The smallest absolute Gasteiger partial charge is 0.337 e. The zero-order valence-corrected chi connectivity index (χ0v) is 9.29. The monoisotopic (exact) mass is 241 g/mol. The number of halogens is 1. The third-order valence-corrected chi connectivity index (χ3v) is 3.00. The summed E-state index contributed by atoms with van der Waals surface area (Å²) in [4.78, 5) is 11.0. The van der Waals surface area contributed by atoms with E-state index in [9.17, 15) is 9.90 Å². The van der Waals surface area contributed by atoms with Gasteiger partial charge in [-0.3, -0.25) is 0 Å². The van der Waals surface area contributed by atoms with Crippen LogP contribution in [-0.2, 0) is 0 Å². The molecule has 0 aliphatic heterocycles. The van der Waals surface area contributed by atoms with Crippen molar-refractivity contribution < 1.29 is 15.0 Å². The highest BCUT2D eigenvalue weighted by Crippen LogP contribution is 2.39. The van der Waals surface area contributed by atoms with Gasteiger partial charge in [0, 0.05) is 5.02 Å². The van der Waals surface area contributed by atoms with E-state index in [1.807, 2.05) is 0 Å². The van der Waals surface area contributed by atoms with Gasteiger partial charge in [-0.25, -0.2) is 4.79 Å². The lowest BCUT2D eigenvalue weighted by Crippen LogP contribution is -2.26. The SMILES string of the molecule is O=C(O)c1ccc(Cl)cc1NC1(CO)CC1. The van der Waals surface area contributed by atoms with Gasteiger partial charge in [0.05, 0.1) is 23.4 Å². The summed E-state index contributed by atoms with van der Waals surface area (Å²) < 4.78 is 0. The van der Waals surface area contributed by atoms with Gasteiger partial charge in [0.25, 0.3) is 0 Å². The molecule has 0 atom stereocenters. The van der Waals surface area contributed by atoms with Gasteiger partial charge in [-0.05, 0) is 31.0 Å². The van der Waals surface area contributed by atoms with Crippen LogP contribution >= 0.6 is 11.6 Å². The highest BCUT2D eigenvalue weighted by atomic mass is 35.5. The fraction of sp³-hybridized carbons (Fsp3) is 0.364. The van der Waals surface area contributed by atoms with Gasteiger partial charge >= 0.3 is 5.97 Å². The number of carboxylic acids is 1. The molecule has 0 spiro atoms. The van der Waals surface area contributed by atoms with Gasteiger partial charge in [0.15, 0.2) is 0 Å². The van der Waals surface area contributed by atoms with Gasteiger partial charge < -0.3 is 15.5 Å². The Balaban J connectivity index is 2.31. The van der Waals surface area contributed by atoms with E-state index in [1.54, 1.807) is 6.07 Å². The Kier molecular flexibility index (Phi) is 2.78. The number of hydrogen-bond donors (Lipinski definition) is 3. The van der Waals surface area contributed by atoms with E-state index in [0.717, 1.165) is 12.8 Å². The molecule has 5 heteroatoms. The summed E-state index contributed by atoms with van der Waals surface area (Å²) >= 11 is 5.82. The maximum atomic E-state index is 11.0. The summed E-state index contributed by atoms with van der Waals surface area (Å²) in [5, 5.41) is 21.7. The molecule has 0 heterocycles. The molecule has 3 N–H and O–H groups in total. The zero-order chi connectivity index (χ0) is 11.8. The summed E-state index contributed by atoms with van der Waals surface area (Å²) in [6.07, 6.45) is 1.68. The first-order valence-corrected chi connectivity index (χ1v) is 5.36. The Labute approximate surface area is 97.9 Å². The summed E-state index contributed by atoms with van der Waals surface area (Å²) in [7, 11) is 0. The van der Waals surface area contributed by atoms with Crippen molar-refractivity contribution in [1.29, 1.82) is 0 Å². The first kappa shape index (κ1) is 11.2. The normalized spacial score (nSPS) is 16.9. The van der Waals surface area contributed by atoms with Gasteiger partial charge in [0.2, 0.25) is 0 Å². The maximum absolute atomic E-state index is 11.0. The molecule has 0 amide bonds. The van der Waals surface area contributed by atoms with Gasteiger partial charge in [0.1, 0.15) is 0 Å². The van der Waals surface area contributed by atoms with Crippen molar-refractivity contribution in [3.8, 4) is 0 Å². The van der Waals surface area contributed by atoms with E-state index in [1.165, 1.54) is 12.1 Å². The first-order chi connectivity index (χ1) is 7.56. The van der Waals surface area contributed by atoms with Crippen LogP contribution in [0.2, 0.25) is 5.02 Å². The summed E-state index contributed by atoms with van der Waals surface area (Å²) in [5.74, 6) is -1.01. The number of benzene rings is 1. The summed E-state index contributed by atoms with van der Waals surface area (Å²) in [6, 6.07) is 4.57. The van der Waals surface area contributed by atoms with Crippen molar-refractivity contribution in [2.75, 3.05) is 11.9 Å². The molecule has 4 nitrogen and oxygen atoms in total. The van der Waals surface area contributed by atoms with Gasteiger partial charge in [-0.1, -0.05) is 11.6 Å². The molecule has 1 aromatic rings. The molecule has 1 aromatic carbocycles. The molecule has 0 bridgehead atoms. The third-order valence-electron chi connectivity index (χ3n) is 2.77. The van der Waals surface area contributed by atoms with E-state index in [-0.39, 0.29) is 17.7 Å². The number of carbonyl (C=O) groups is 1. The predicted molar refractivity (Wildman–Crippen MR) is 61.1 cm³/mol. The van der Waals surface area contributed by atoms with E-state index in [0.29, 0.717) is 10.7 Å². The maximum Gasteiger partial charge on any atom is 0.337 e. The minimum atomic E-state index is -1.01. The van der Waals surface area contributed by atoms with Crippen molar-refractivity contribution in [3.05, 3.63) is 28.8 Å². The summed E-state index contributed by atoms with van der Waals surface area (Å²) in [6.45, 7) is -0.00142. The van der Waals surface area contributed by atoms with Crippen molar-refractivity contribution in [2.45, 2.75) is 18.4 Å². The molecule has 1 fully saturated rings. The number of aromatic carboxylic acids is 1. The van der Waals surface area contributed by atoms with Crippen molar-refractivity contribution in [1.82, 2.24) is 0 Å². The molecule has 1 aliphatic carbocycles. The van der Waals surface area contributed by atoms with Crippen LogP contribution in [0.4, 0.5) is 5.69 Å². The topological polar surface area (TPSA) is 69.6 Å². The van der Waals surface area contributed by atoms with Crippen LogP contribution in [0.15, 0.2) is 18.2 Å². The van der Waals surface area contributed by atoms with Crippen molar-refractivity contribution >= 4 is 23.3 Å². The lowest BCUT2D eigenvalue weighted by molar-refractivity contribution is 0.0698. The highest BCUT2D eigenvalue weighted by molar-refractivity contribution is 6.31. The second kappa shape index (κ2) is 3.96. The van der Waals surface area contributed by atoms with Crippen LogP contribution in [-0.4, -0.2) is 28.3 Å². The van der Waals surface area contributed by atoms with E-state index >= 15 is 0 Å². The molecule has 1 aliphatic rings. The first-order valence-electron chi connectivity index (χ1n) is 4.98. The molecule has 0 aromatic heterocycles. The number of hydrogen-bond acceptors (Lipinski definition) is 3. The fourth-order valence-corrected chi connectivity index (χ4v) is 1.74. The quantitative estimate of drug-likeness (QED) is 0.754. The van der Waals surface area contributed by atoms with Gasteiger partial charge in [-0.15, -0.1) is 0 Å². The van der Waals surface area contributed by atoms with Crippen molar-refractivity contribution in [3.63, 3.8) is 0 Å². The van der Waals surface area contributed by atoms with E-state index in [4.69, 9.17) is 16.7 Å². The number of carboxylic acid groups (broad SMARTS) is 1. The molecule has 0 unspecified atom stereocenters. The Bertz CT molecular complexity index is 429. The lowest BCUT2D eigenvalue weighted by Gasteiger charge is -2.17. The molecule has 0 saturated heterocycles. The standard InChI is InChI=1S/C11H12ClNO3/c12-7-1-2-8(10(15)16)9(5-7)13-11(6-14)3-4-11/h1-2,5,13-14H,3-4,6H2,(H,15,16). The van der Waals surface area contributed by atoms with Crippen LogP contribution in [0.25, 0.3) is 0 Å². The van der Waals surface area contributed by atoms with Crippen LogP contribution < -0.4 is 5.32 Å². The Morgan fingerprint density at radius 2 is 2.19 bits per heavy atom. The largest absolute Gasteiger partial charge is 0.478 e. The molecule has 2 rings (SSSR count). The Hall–Kier alpha value is -1.26. The Morgan fingerprint density at radius 1 is 1.50 bits per heavy atom. The minimum Gasteiger partial charge on any atom is -0.478 e. The van der Waals surface area contributed by atoms with Crippen LogP contribution in [0.5, 0.6) is 0 Å². The number of anilines is 1. The van der Waals surface area contributed by atoms with Crippen LogP contribution in [0, 0.1) is 0 Å². The number of aliphatic hydroxyl groups excluding tert-OH is 1. The number of nitrogens with one attached hydrogen (secondary N) is 1.